The van der Waals surface area contributed by atoms with E-state index in [4.69, 9.17) is 0 Å². The van der Waals surface area contributed by atoms with Gasteiger partial charge in [0.15, 0.2) is 0 Å². The van der Waals surface area contributed by atoms with Crippen LogP contribution in [-0.4, -0.2) is 29.8 Å². The third kappa shape index (κ3) is 3.93. The molecule has 1 saturated heterocycles. The molecule has 2 aliphatic rings. The van der Waals surface area contributed by atoms with Crippen LogP contribution in [0.25, 0.3) is 11.1 Å². The summed E-state index contributed by atoms with van der Waals surface area (Å²) in [5, 5.41) is 3.23. The predicted molar refractivity (Wildman–Crippen MR) is 93.8 cm³/mol. The number of hydrogen-bond acceptors (Lipinski definition) is 3. The molecule has 2 heterocycles. The number of carbonyl (C=O) groups excluding carboxylic acids is 1. The number of alkyl halides is 3. The molecule has 2 aliphatic heterocycles. The first kappa shape index (κ1) is 17.9. The molecule has 1 fully saturated rings. The van der Waals surface area contributed by atoms with Gasteiger partial charge in [-0.05, 0) is 59.8 Å². The first-order valence-electron chi connectivity index (χ1n) is 8.89. The van der Waals surface area contributed by atoms with Gasteiger partial charge in [-0.25, -0.2) is 0 Å². The predicted octanol–water partition coefficient (Wildman–Crippen LogP) is 3.85. The van der Waals surface area contributed by atoms with E-state index in [1.54, 1.807) is 6.07 Å². The molecule has 0 aromatic heterocycles. The summed E-state index contributed by atoms with van der Waals surface area (Å²) in [5.41, 5.74) is 3.55. The minimum atomic E-state index is -4.72. The number of carbonyl (C=O) groups is 1. The topological polar surface area (TPSA) is 41.6 Å². The minimum absolute atomic E-state index is 0.102. The van der Waals surface area contributed by atoms with Crippen molar-refractivity contribution in [3.05, 3.63) is 53.6 Å². The van der Waals surface area contributed by atoms with Gasteiger partial charge in [0.05, 0.1) is 6.04 Å². The molecule has 0 saturated carbocycles. The second kappa shape index (κ2) is 6.88. The van der Waals surface area contributed by atoms with Crippen LogP contribution in [0.4, 0.5) is 13.2 Å². The van der Waals surface area contributed by atoms with E-state index in [9.17, 15) is 18.0 Å². The van der Waals surface area contributed by atoms with Crippen LogP contribution in [0.15, 0.2) is 42.5 Å². The van der Waals surface area contributed by atoms with Gasteiger partial charge in [-0.3, -0.25) is 4.79 Å². The Hall–Kier alpha value is -2.54. The van der Waals surface area contributed by atoms with Crippen molar-refractivity contribution >= 4 is 5.91 Å². The summed E-state index contributed by atoms with van der Waals surface area (Å²) in [4.78, 5) is 14.4. The van der Waals surface area contributed by atoms with Gasteiger partial charge in [0.1, 0.15) is 5.75 Å². The van der Waals surface area contributed by atoms with E-state index in [0.717, 1.165) is 36.1 Å². The quantitative estimate of drug-likeness (QED) is 0.885. The van der Waals surface area contributed by atoms with Crippen LogP contribution in [0.3, 0.4) is 0 Å². The zero-order valence-electron chi connectivity index (χ0n) is 14.6. The fourth-order valence-electron chi connectivity index (χ4n) is 3.72. The van der Waals surface area contributed by atoms with E-state index >= 15 is 0 Å². The molecule has 0 aliphatic carbocycles. The second-order valence-electron chi connectivity index (χ2n) is 6.90. The lowest BCUT2D eigenvalue weighted by Crippen LogP contribution is -2.40. The van der Waals surface area contributed by atoms with Gasteiger partial charge in [0, 0.05) is 13.1 Å². The summed E-state index contributed by atoms with van der Waals surface area (Å²) in [6.45, 7) is 1.97. The molecule has 27 heavy (non-hydrogen) atoms. The van der Waals surface area contributed by atoms with Crippen molar-refractivity contribution in [3.63, 3.8) is 0 Å². The molecule has 2 aromatic rings. The Balaban J connectivity index is 1.53. The van der Waals surface area contributed by atoms with Gasteiger partial charge in [0.2, 0.25) is 5.91 Å². The second-order valence-corrected chi connectivity index (χ2v) is 6.90. The molecule has 4 nitrogen and oxygen atoms in total. The summed E-state index contributed by atoms with van der Waals surface area (Å²) in [7, 11) is 0. The van der Waals surface area contributed by atoms with Crippen molar-refractivity contribution in [1.82, 2.24) is 10.2 Å². The van der Waals surface area contributed by atoms with Crippen LogP contribution >= 0.6 is 0 Å². The minimum Gasteiger partial charge on any atom is -0.406 e. The molecular weight excluding hydrogens is 357 g/mol. The number of nitrogens with zero attached hydrogens (tertiary/aromatic N) is 1. The molecular formula is C20H19F3N2O2. The molecule has 0 bridgehead atoms. The Morgan fingerprint density at radius 3 is 2.59 bits per heavy atom. The highest BCUT2D eigenvalue weighted by molar-refractivity contribution is 5.83. The maximum atomic E-state index is 12.6. The highest BCUT2D eigenvalue weighted by atomic mass is 19.4. The van der Waals surface area contributed by atoms with Crippen molar-refractivity contribution in [2.45, 2.75) is 38.3 Å². The lowest BCUT2D eigenvalue weighted by atomic mass is 10.0. The van der Waals surface area contributed by atoms with Crippen molar-refractivity contribution in [3.8, 4) is 16.9 Å². The number of halogens is 3. The largest absolute Gasteiger partial charge is 0.573 e. The zero-order valence-corrected chi connectivity index (χ0v) is 14.6. The van der Waals surface area contributed by atoms with Crippen LogP contribution in [0.2, 0.25) is 0 Å². The summed E-state index contributed by atoms with van der Waals surface area (Å²) in [6.07, 6.45) is -2.84. The number of rotatable bonds is 3. The molecule has 0 radical (unpaired) electrons. The van der Waals surface area contributed by atoms with Crippen LogP contribution in [0.5, 0.6) is 5.75 Å². The van der Waals surface area contributed by atoms with Crippen LogP contribution in [-0.2, 0) is 17.9 Å². The van der Waals surface area contributed by atoms with Gasteiger partial charge < -0.3 is 15.0 Å². The van der Waals surface area contributed by atoms with Crippen LogP contribution < -0.4 is 10.1 Å². The average molecular weight is 376 g/mol. The number of benzene rings is 2. The average Bonchev–Trinajstić information content (AvgIpc) is 3.29. The molecule has 1 atom stereocenters. The Morgan fingerprint density at radius 2 is 1.85 bits per heavy atom. The van der Waals surface area contributed by atoms with Crippen LogP contribution in [0.1, 0.15) is 24.0 Å². The van der Waals surface area contributed by atoms with E-state index in [-0.39, 0.29) is 17.7 Å². The number of ether oxygens (including phenoxy) is 1. The van der Waals surface area contributed by atoms with Gasteiger partial charge >= 0.3 is 6.36 Å². The van der Waals surface area contributed by atoms with Gasteiger partial charge in [-0.15, -0.1) is 13.2 Å². The maximum Gasteiger partial charge on any atom is 0.573 e. The third-order valence-corrected chi connectivity index (χ3v) is 5.00. The highest BCUT2D eigenvalue weighted by Gasteiger charge is 2.32. The van der Waals surface area contributed by atoms with Crippen molar-refractivity contribution in [2.75, 3.05) is 6.54 Å². The molecule has 2 aromatic carbocycles. The van der Waals surface area contributed by atoms with Gasteiger partial charge in [0.25, 0.3) is 0 Å². The highest BCUT2D eigenvalue weighted by Crippen LogP contribution is 2.32. The SMILES string of the molecule is O=C(C1CCCN1)N1Cc2ccc(-c3cccc(OC(F)(F)F)c3)cc2C1. The first-order valence-corrected chi connectivity index (χ1v) is 8.89. The van der Waals surface area contributed by atoms with Crippen molar-refractivity contribution in [1.29, 1.82) is 0 Å². The molecule has 7 heteroatoms. The number of fused-ring (bicyclic) bond motifs is 1. The lowest BCUT2D eigenvalue weighted by Gasteiger charge is -2.19. The van der Waals surface area contributed by atoms with E-state index in [2.05, 4.69) is 10.1 Å². The smallest absolute Gasteiger partial charge is 0.406 e. The van der Waals surface area contributed by atoms with E-state index in [1.165, 1.54) is 18.2 Å². The monoisotopic (exact) mass is 376 g/mol. The maximum absolute atomic E-state index is 12.6. The van der Waals surface area contributed by atoms with Crippen molar-refractivity contribution < 1.29 is 22.7 Å². The van der Waals surface area contributed by atoms with Gasteiger partial charge in [-0.2, -0.15) is 0 Å². The summed E-state index contributed by atoms with van der Waals surface area (Å²) < 4.78 is 41.3. The Labute approximate surface area is 154 Å². The lowest BCUT2D eigenvalue weighted by molar-refractivity contribution is -0.274. The standard InChI is InChI=1S/C20H19F3N2O2/c21-20(22,23)27-17-4-1-3-13(10-17)14-6-7-15-11-25(12-16(15)9-14)19(26)18-5-2-8-24-18/h1,3-4,6-7,9-10,18,24H,2,5,8,11-12H2. The fourth-order valence-corrected chi connectivity index (χ4v) is 3.72. The summed E-state index contributed by atoms with van der Waals surface area (Å²) in [5.74, 6) is -0.129. The number of amides is 1. The van der Waals surface area contributed by atoms with Crippen molar-refractivity contribution in [2.24, 2.45) is 0 Å². The zero-order chi connectivity index (χ0) is 19.0. The summed E-state index contributed by atoms with van der Waals surface area (Å²) in [6, 6.07) is 11.6. The molecule has 4 rings (SSSR count). The number of nitrogens with one attached hydrogen (secondary N) is 1. The first-order chi connectivity index (χ1) is 12.9. The fraction of sp³-hybridized carbons (Fsp3) is 0.350. The van der Waals surface area contributed by atoms with Gasteiger partial charge in [-0.1, -0.05) is 24.3 Å². The van der Waals surface area contributed by atoms with Crippen LogP contribution in [0, 0.1) is 0 Å². The van der Waals surface area contributed by atoms with E-state index in [1.807, 2.05) is 23.1 Å². The third-order valence-electron chi connectivity index (χ3n) is 5.00. The Morgan fingerprint density at radius 1 is 1.07 bits per heavy atom. The number of hydrogen-bond donors (Lipinski definition) is 1. The van der Waals surface area contributed by atoms with E-state index < -0.39 is 6.36 Å². The Kier molecular flexibility index (Phi) is 4.55. The molecule has 142 valence electrons. The molecule has 1 unspecified atom stereocenters. The Bertz CT molecular complexity index is 861. The molecule has 0 spiro atoms. The molecule has 1 amide bonds. The normalized spacial score (nSPS) is 19.2. The van der Waals surface area contributed by atoms with E-state index in [0.29, 0.717) is 18.7 Å². The molecule has 1 N–H and O–H groups in total. The summed E-state index contributed by atoms with van der Waals surface area (Å²) >= 11 is 0.